The van der Waals surface area contributed by atoms with Crippen molar-refractivity contribution in [2.45, 2.75) is 50.3 Å². The first kappa shape index (κ1) is 18.2. The van der Waals surface area contributed by atoms with Crippen molar-refractivity contribution in [1.29, 1.82) is 0 Å². The summed E-state index contributed by atoms with van der Waals surface area (Å²) >= 11 is 0. The second-order valence-corrected chi connectivity index (χ2v) is 6.55. The van der Waals surface area contributed by atoms with Gasteiger partial charge in [0.2, 0.25) is 5.91 Å². The number of hydrogen-bond acceptors (Lipinski definition) is 3. The number of aliphatic hydroxyl groups is 1. The SMILES string of the molecule is Cl.O=C(CC1CC2CCC(C1)N2)NCC(O)c1ccc(F)cc1. The van der Waals surface area contributed by atoms with Gasteiger partial charge in [0, 0.05) is 25.0 Å². The maximum atomic E-state index is 12.8. The van der Waals surface area contributed by atoms with E-state index in [0.29, 0.717) is 30.0 Å². The van der Waals surface area contributed by atoms with Crippen LogP contribution >= 0.6 is 12.4 Å². The summed E-state index contributed by atoms with van der Waals surface area (Å²) in [5.74, 6) is 0.106. The zero-order valence-electron chi connectivity index (χ0n) is 13.0. The number of nitrogens with one attached hydrogen (secondary N) is 2. The topological polar surface area (TPSA) is 61.4 Å². The van der Waals surface area contributed by atoms with E-state index in [4.69, 9.17) is 0 Å². The fourth-order valence-electron chi connectivity index (χ4n) is 3.69. The number of amides is 1. The van der Waals surface area contributed by atoms with Gasteiger partial charge in [-0.15, -0.1) is 12.4 Å². The maximum Gasteiger partial charge on any atom is 0.220 e. The number of carbonyl (C=O) groups is 1. The number of benzene rings is 1. The molecule has 3 atom stereocenters. The van der Waals surface area contributed by atoms with Crippen LogP contribution in [0.25, 0.3) is 0 Å². The van der Waals surface area contributed by atoms with Crippen LogP contribution in [0.2, 0.25) is 0 Å². The molecule has 1 amide bonds. The fourth-order valence-corrected chi connectivity index (χ4v) is 3.69. The summed E-state index contributed by atoms with van der Waals surface area (Å²) < 4.78 is 12.8. The minimum Gasteiger partial charge on any atom is -0.387 e. The van der Waals surface area contributed by atoms with Crippen molar-refractivity contribution in [3.63, 3.8) is 0 Å². The van der Waals surface area contributed by atoms with Gasteiger partial charge in [-0.2, -0.15) is 0 Å². The van der Waals surface area contributed by atoms with Crippen LogP contribution in [0, 0.1) is 11.7 Å². The zero-order chi connectivity index (χ0) is 15.5. The number of carbonyl (C=O) groups excluding carboxylic acids is 1. The highest BCUT2D eigenvalue weighted by Gasteiger charge is 2.34. The van der Waals surface area contributed by atoms with Crippen LogP contribution in [0.1, 0.15) is 43.8 Å². The van der Waals surface area contributed by atoms with Crippen molar-refractivity contribution >= 4 is 18.3 Å². The van der Waals surface area contributed by atoms with Gasteiger partial charge in [0.25, 0.3) is 0 Å². The summed E-state index contributed by atoms with van der Waals surface area (Å²) in [4.78, 5) is 12.0. The molecule has 0 radical (unpaired) electrons. The van der Waals surface area contributed by atoms with Gasteiger partial charge in [-0.1, -0.05) is 12.1 Å². The van der Waals surface area contributed by atoms with E-state index in [1.807, 2.05) is 0 Å². The molecule has 2 heterocycles. The third-order valence-electron chi connectivity index (χ3n) is 4.79. The summed E-state index contributed by atoms with van der Waals surface area (Å²) in [6.45, 7) is 0.169. The van der Waals surface area contributed by atoms with Crippen molar-refractivity contribution in [2.24, 2.45) is 5.92 Å². The Bertz CT molecular complexity index is 514. The van der Waals surface area contributed by atoms with Crippen molar-refractivity contribution in [2.75, 3.05) is 6.54 Å². The minimum absolute atomic E-state index is 0. The summed E-state index contributed by atoms with van der Waals surface area (Å²) in [5.41, 5.74) is 0.613. The Balaban J connectivity index is 0.00000192. The van der Waals surface area contributed by atoms with E-state index >= 15 is 0 Å². The van der Waals surface area contributed by atoms with E-state index in [-0.39, 0.29) is 30.7 Å². The molecule has 6 heteroatoms. The average Bonchev–Trinajstić information content (AvgIpc) is 2.84. The van der Waals surface area contributed by atoms with E-state index < -0.39 is 6.10 Å². The Morgan fingerprint density at radius 3 is 2.48 bits per heavy atom. The van der Waals surface area contributed by atoms with Crippen molar-refractivity contribution < 1.29 is 14.3 Å². The summed E-state index contributed by atoms with van der Waals surface area (Å²) in [6, 6.07) is 6.87. The number of aliphatic hydroxyl groups excluding tert-OH is 1. The van der Waals surface area contributed by atoms with Gasteiger partial charge >= 0.3 is 0 Å². The van der Waals surface area contributed by atoms with Gasteiger partial charge < -0.3 is 15.7 Å². The zero-order valence-corrected chi connectivity index (χ0v) is 13.8. The Labute approximate surface area is 142 Å². The third-order valence-corrected chi connectivity index (χ3v) is 4.79. The van der Waals surface area contributed by atoms with Crippen molar-refractivity contribution in [3.8, 4) is 0 Å². The van der Waals surface area contributed by atoms with E-state index in [2.05, 4.69) is 10.6 Å². The molecular weight excluding hydrogens is 319 g/mol. The van der Waals surface area contributed by atoms with Gasteiger partial charge in [0.1, 0.15) is 5.82 Å². The highest BCUT2D eigenvalue weighted by Crippen LogP contribution is 2.32. The Hall–Kier alpha value is -1.17. The molecule has 1 aromatic rings. The second kappa shape index (κ2) is 8.08. The normalized spacial score (nSPS) is 27.1. The molecule has 0 saturated carbocycles. The van der Waals surface area contributed by atoms with Crippen molar-refractivity contribution in [1.82, 2.24) is 10.6 Å². The van der Waals surface area contributed by atoms with Crippen LogP contribution in [-0.2, 0) is 4.79 Å². The molecule has 128 valence electrons. The fraction of sp³-hybridized carbons (Fsp3) is 0.588. The first-order chi connectivity index (χ1) is 10.6. The van der Waals surface area contributed by atoms with Gasteiger partial charge in [-0.3, -0.25) is 4.79 Å². The predicted molar refractivity (Wildman–Crippen MR) is 88.9 cm³/mol. The standard InChI is InChI=1S/C17H23FN2O2.ClH/c18-13-3-1-12(2-4-13)16(21)10-19-17(22)9-11-7-14-5-6-15(8-11)20-14;/h1-4,11,14-16,20-21H,5-10H2,(H,19,22);1H. The number of fused-ring (bicyclic) bond motifs is 2. The van der Waals surface area contributed by atoms with Crippen LogP contribution in [0.3, 0.4) is 0 Å². The van der Waals surface area contributed by atoms with Gasteiger partial charge in [0.05, 0.1) is 6.10 Å². The average molecular weight is 343 g/mol. The van der Waals surface area contributed by atoms with Crippen LogP contribution in [0.5, 0.6) is 0 Å². The lowest BCUT2D eigenvalue weighted by Crippen LogP contribution is -2.40. The molecule has 23 heavy (non-hydrogen) atoms. The van der Waals surface area contributed by atoms with Crippen molar-refractivity contribution in [3.05, 3.63) is 35.6 Å². The molecular formula is C17H24ClFN2O2. The molecule has 3 N–H and O–H groups in total. The van der Waals surface area contributed by atoms with E-state index in [1.54, 1.807) is 0 Å². The van der Waals surface area contributed by atoms with Crippen LogP contribution in [-0.4, -0.2) is 29.6 Å². The smallest absolute Gasteiger partial charge is 0.220 e. The second-order valence-electron chi connectivity index (χ2n) is 6.55. The first-order valence-electron chi connectivity index (χ1n) is 8.06. The van der Waals surface area contributed by atoms with Crippen LogP contribution in [0.15, 0.2) is 24.3 Å². The number of halogens is 2. The molecule has 0 spiro atoms. The number of piperidine rings is 1. The van der Waals surface area contributed by atoms with E-state index in [1.165, 1.54) is 37.1 Å². The molecule has 2 aliphatic heterocycles. The molecule has 1 aromatic carbocycles. The molecule has 0 aliphatic carbocycles. The highest BCUT2D eigenvalue weighted by atomic mass is 35.5. The molecule has 2 bridgehead atoms. The Morgan fingerprint density at radius 2 is 1.87 bits per heavy atom. The molecule has 2 aliphatic rings. The van der Waals surface area contributed by atoms with E-state index in [9.17, 15) is 14.3 Å². The largest absolute Gasteiger partial charge is 0.387 e. The quantitative estimate of drug-likeness (QED) is 0.769. The summed E-state index contributed by atoms with van der Waals surface area (Å²) in [6.07, 6.45) is 4.34. The first-order valence-corrected chi connectivity index (χ1v) is 8.06. The van der Waals surface area contributed by atoms with E-state index in [0.717, 1.165) is 12.8 Å². The Kier molecular flexibility index (Phi) is 6.39. The lowest BCUT2D eigenvalue weighted by atomic mass is 9.89. The molecule has 0 aromatic heterocycles. The van der Waals surface area contributed by atoms with Gasteiger partial charge in [0.15, 0.2) is 0 Å². The lowest BCUT2D eigenvalue weighted by Gasteiger charge is -2.28. The summed E-state index contributed by atoms with van der Waals surface area (Å²) in [7, 11) is 0. The number of hydrogen-bond donors (Lipinski definition) is 3. The molecule has 3 unspecified atom stereocenters. The van der Waals surface area contributed by atoms with Gasteiger partial charge in [-0.25, -0.2) is 4.39 Å². The van der Waals surface area contributed by atoms with Gasteiger partial charge in [-0.05, 0) is 49.3 Å². The molecule has 2 fully saturated rings. The number of rotatable bonds is 5. The highest BCUT2D eigenvalue weighted by molar-refractivity contribution is 5.85. The minimum atomic E-state index is -0.797. The van der Waals surface area contributed by atoms with Crippen LogP contribution in [0.4, 0.5) is 4.39 Å². The van der Waals surface area contributed by atoms with Crippen LogP contribution < -0.4 is 10.6 Å². The monoisotopic (exact) mass is 342 g/mol. The maximum absolute atomic E-state index is 12.8. The Morgan fingerprint density at radius 1 is 1.26 bits per heavy atom. The third kappa shape index (κ3) is 4.90. The molecule has 2 saturated heterocycles. The summed E-state index contributed by atoms with van der Waals surface area (Å²) in [5, 5.41) is 16.4. The molecule has 3 rings (SSSR count). The predicted octanol–water partition coefficient (Wildman–Crippen LogP) is 2.32. The molecule has 4 nitrogen and oxygen atoms in total. The lowest BCUT2D eigenvalue weighted by molar-refractivity contribution is -0.122.